The van der Waals surface area contributed by atoms with Crippen LogP contribution in [0.5, 0.6) is 0 Å². The van der Waals surface area contributed by atoms with Gasteiger partial charge in [-0.1, -0.05) is 73.5 Å². The average Bonchev–Trinajstić information content (AvgIpc) is 2.82. The van der Waals surface area contributed by atoms with E-state index in [9.17, 15) is 4.79 Å². The normalized spacial score (nSPS) is 15.4. The van der Waals surface area contributed by atoms with Crippen molar-refractivity contribution in [3.8, 4) is 22.5 Å². The van der Waals surface area contributed by atoms with Crippen LogP contribution in [0, 0.1) is 0 Å². The average molecular weight is 430 g/mol. The topological polar surface area (TPSA) is 66.3 Å². The van der Waals surface area contributed by atoms with Crippen LogP contribution in [0.25, 0.3) is 22.5 Å². The van der Waals surface area contributed by atoms with Crippen LogP contribution in [-0.4, -0.2) is 33.6 Å². The largest absolute Gasteiger partial charge is 0.481 e. The molecule has 0 radical (unpaired) electrons. The highest BCUT2D eigenvalue weighted by molar-refractivity contribution is 5.79. The summed E-state index contributed by atoms with van der Waals surface area (Å²) in [6, 6.07) is 21.0. The Kier molecular flexibility index (Phi) is 7.15. The van der Waals surface area contributed by atoms with Crippen LogP contribution in [0.2, 0.25) is 0 Å². The maximum absolute atomic E-state index is 10.7. The molecule has 32 heavy (non-hydrogen) atoms. The SMILES string of the molecule is CC1CCc2nc(-c3ccccc3)c(-c3ccccc3)nc2N1CCCCCCC(=O)O. The van der Waals surface area contributed by atoms with Crippen LogP contribution in [-0.2, 0) is 11.2 Å². The predicted molar refractivity (Wildman–Crippen MR) is 129 cm³/mol. The standard InChI is InChI=1S/C27H31N3O2/c1-20-17-18-23-27(30(20)19-11-3-2-10-16-24(31)32)29-26(22-14-8-5-9-15-22)25(28-23)21-12-6-4-7-13-21/h4-9,12-15,20H,2-3,10-11,16-19H2,1H3,(H,31,32). The summed E-state index contributed by atoms with van der Waals surface area (Å²) in [6.07, 6.45) is 6.04. The molecule has 0 saturated heterocycles. The van der Waals surface area contributed by atoms with Gasteiger partial charge in [-0.2, -0.15) is 0 Å². The molecule has 5 heteroatoms. The number of anilines is 1. The highest BCUT2D eigenvalue weighted by atomic mass is 16.4. The minimum absolute atomic E-state index is 0.261. The molecule has 1 N–H and O–H groups in total. The quantitative estimate of drug-likeness (QED) is 0.423. The van der Waals surface area contributed by atoms with E-state index < -0.39 is 5.97 Å². The Morgan fingerprint density at radius 3 is 2.12 bits per heavy atom. The van der Waals surface area contributed by atoms with E-state index in [4.69, 9.17) is 15.1 Å². The number of carbonyl (C=O) groups is 1. The molecule has 4 rings (SSSR count). The van der Waals surface area contributed by atoms with Crippen molar-refractivity contribution < 1.29 is 9.90 Å². The molecule has 0 saturated carbocycles. The van der Waals surface area contributed by atoms with Crippen molar-refractivity contribution in [1.29, 1.82) is 0 Å². The first kappa shape index (κ1) is 22.0. The summed E-state index contributed by atoms with van der Waals surface area (Å²) in [4.78, 5) is 23.5. The van der Waals surface area contributed by atoms with Gasteiger partial charge in [-0.25, -0.2) is 9.97 Å². The lowest BCUT2D eigenvalue weighted by Gasteiger charge is -2.36. The minimum Gasteiger partial charge on any atom is -0.481 e. The Morgan fingerprint density at radius 1 is 0.906 bits per heavy atom. The van der Waals surface area contributed by atoms with Crippen molar-refractivity contribution in [1.82, 2.24) is 9.97 Å². The first-order valence-corrected chi connectivity index (χ1v) is 11.6. The van der Waals surface area contributed by atoms with Gasteiger partial charge in [0.25, 0.3) is 0 Å². The molecule has 1 aliphatic rings. The molecule has 1 unspecified atom stereocenters. The van der Waals surface area contributed by atoms with Crippen LogP contribution in [0.15, 0.2) is 60.7 Å². The molecule has 0 bridgehead atoms. The summed E-state index contributed by atoms with van der Waals surface area (Å²) >= 11 is 0. The lowest BCUT2D eigenvalue weighted by Crippen LogP contribution is -2.39. The van der Waals surface area contributed by atoms with E-state index in [0.717, 1.165) is 79.1 Å². The van der Waals surface area contributed by atoms with Gasteiger partial charge in [0.2, 0.25) is 0 Å². The molecule has 5 nitrogen and oxygen atoms in total. The molecule has 1 aromatic heterocycles. The first-order valence-electron chi connectivity index (χ1n) is 11.6. The highest BCUT2D eigenvalue weighted by Crippen LogP contribution is 2.36. The van der Waals surface area contributed by atoms with Crippen molar-refractivity contribution >= 4 is 11.8 Å². The lowest BCUT2D eigenvalue weighted by atomic mass is 9.99. The molecule has 0 amide bonds. The van der Waals surface area contributed by atoms with Crippen molar-refractivity contribution in [3.63, 3.8) is 0 Å². The van der Waals surface area contributed by atoms with E-state index in [-0.39, 0.29) is 6.42 Å². The van der Waals surface area contributed by atoms with Gasteiger partial charge in [-0.3, -0.25) is 4.79 Å². The third kappa shape index (κ3) is 5.16. The fraction of sp³-hybridized carbons (Fsp3) is 0.370. The van der Waals surface area contributed by atoms with Gasteiger partial charge in [-0.05, 0) is 32.6 Å². The lowest BCUT2D eigenvalue weighted by molar-refractivity contribution is -0.137. The van der Waals surface area contributed by atoms with E-state index in [2.05, 4.69) is 36.1 Å². The van der Waals surface area contributed by atoms with Crippen molar-refractivity contribution in [2.75, 3.05) is 11.4 Å². The number of unbranched alkanes of at least 4 members (excludes halogenated alkanes) is 3. The molecule has 166 valence electrons. The van der Waals surface area contributed by atoms with Crippen LogP contribution in [0.4, 0.5) is 5.82 Å². The molecule has 2 aromatic carbocycles. The number of benzene rings is 2. The number of nitrogens with zero attached hydrogens (tertiary/aromatic N) is 3. The van der Waals surface area contributed by atoms with E-state index in [1.54, 1.807) is 0 Å². The van der Waals surface area contributed by atoms with Crippen molar-refractivity contribution in [2.45, 2.75) is 57.9 Å². The number of carboxylic acids is 1. The fourth-order valence-corrected chi connectivity index (χ4v) is 4.40. The Balaban J connectivity index is 1.62. The fourth-order valence-electron chi connectivity index (χ4n) is 4.40. The summed E-state index contributed by atoms with van der Waals surface area (Å²) in [5.74, 6) is 0.300. The molecule has 1 atom stereocenters. The second kappa shape index (κ2) is 10.4. The van der Waals surface area contributed by atoms with E-state index >= 15 is 0 Å². The third-order valence-corrected chi connectivity index (χ3v) is 6.18. The molecular weight excluding hydrogens is 398 g/mol. The highest BCUT2D eigenvalue weighted by Gasteiger charge is 2.27. The number of hydrogen-bond acceptors (Lipinski definition) is 4. The Labute approximate surface area is 190 Å². The van der Waals surface area contributed by atoms with Crippen LogP contribution < -0.4 is 4.90 Å². The number of fused-ring (bicyclic) bond motifs is 1. The van der Waals surface area contributed by atoms with Gasteiger partial charge < -0.3 is 10.0 Å². The Hall–Kier alpha value is -3.21. The van der Waals surface area contributed by atoms with Gasteiger partial charge in [0.15, 0.2) is 5.82 Å². The van der Waals surface area contributed by atoms with Crippen molar-refractivity contribution in [2.24, 2.45) is 0 Å². The number of carboxylic acid groups (broad SMARTS) is 1. The molecule has 0 aliphatic carbocycles. The second-order valence-electron chi connectivity index (χ2n) is 8.56. The first-order chi connectivity index (χ1) is 15.6. The van der Waals surface area contributed by atoms with Gasteiger partial charge in [-0.15, -0.1) is 0 Å². The molecule has 0 spiro atoms. The number of rotatable bonds is 9. The number of aromatic nitrogens is 2. The molecule has 3 aromatic rings. The smallest absolute Gasteiger partial charge is 0.303 e. The van der Waals surface area contributed by atoms with Crippen LogP contribution >= 0.6 is 0 Å². The van der Waals surface area contributed by atoms with Gasteiger partial charge >= 0.3 is 5.97 Å². The van der Waals surface area contributed by atoms with Gasteiger partial charge in [0.05, 0.1) is 17.1 Å². The number of hydrogen-bond donors (Lipinski definition) is 1. The van der Waals surface area contributed by atoms with Crippen LogP contribution in [0.1, 0.15) is 51.1 Å². The van der Waals surface area contributed by atoms with Gasteiger partial charge in [0.1, 0.15) is 0 Å². The minimum atomic E-state index is -0.707. The Morgan fingerprint density at radius 2 is 1.50 bits per heavy atom. The maximum Gasteiger partial charge on any atom is 0.303 e. The van der Waals surface area contributed by atoms with E-state index in [1.165, 1.54) is 0 Å². The van der Waals surface area contributed by atoms with Gasteiger partial charge in [0, 0.05) is 30.1 Å². The zero-order valence-corrected chi connectivity index (χ0v) is 18.7. The Bertz CT molecular complexity index is 1040. The number of aliphatic carboxylic acids is 1. The molecular formula is C27H31N3O2. The summed E-state index contributed by atoms with van der Waals surface area (Å²) < 4.78 is 0. The maximum atomic E-state index is 10.7. The zero-order chi connectivity index (χ0) is 22.3. The third-order valence-electron chi connectivity index (χ3n) is 6.18. The monoisotopic (exact) mass is 429 g/mol. The summed E-state index contributed by atoms with van der Waals surface area (Å²) in [6.45, 7) is 3.19. The molecule has 2 heterocycles. The molecule has 1 aliphatic heterocycles. The van der Waals surface area contributed by atoms with E-state index in [1.807, 2.05) is 36.4 Å². The van der Waals surface area contributed by atoms with E-state index in [0.29, 0.717) is 6.04 Å². The summed E-state index contributed by atoms with van der Waals surface area (Å²) in [5, 5.41) is 8.82. The summed E-state index contributed by atoms with van der Waals surface area (Å²) in [7, 11) is 0. The van der Waals surface area contributed by atoms with Crippen molar-refractivity contribution in [3.05, 3.63) is 66.4 Å². The van der Waals surface area contributed by atoms with Crippen LogP contribution in [0.3, 0.4) is 0 Å². The second-order valence-corrected chi connectivity index (χ2v) is 8.56. The zero-order valence-electron chi connectivity index (χ0n) is 18.7. The predicted octanol–water partition coefficient (Wildman–Crippen LogP) is 5.99. The summed E-state index contributed by atoms with van der Waals surface area (Å²) in [5.41, 5.74) is 5.11. The number of aryl methyl sites for hydroxylation is 1. The molecule has 0 fully saturated rings.